The molecule has 1 fully saturated rings. The van der Waals surface area contributed by atoms with E-state index in [1.54, 1.807) is 0 Å². The summed E-state index contributed by atoms with van der Waals surface area (Å²) < 4.78 is 0. The normalized spacial score (nSPS) is 14.6. The molecule has 1 aliphatic rings. The Kier molecular flexibility index (Phi) is 6.88. The maximum absolute atomic E-state index is 12.1. The summed E-state index contributed by atoms with van der Waals surface area (Å²) in [6, 6.07) is 8.66. The number of benzene rings is 1. The fourth-order valence-corrected chi connectivity index (χ4v) is 3.98. The highest BCUT2D eigenvalue weighted by atomic mass is 16.2. The second-order valence-corrected chi connectivity index (χ2v) is 8.51. The molecule has 0 spiro atoms. The van der Waals surface area contributed by atoms with Gasteiger partial charge < -0.3 is 9.80 Å². The smallest absolute Gasteiger partial charge is 0.222 e. The van der Waals surface area contributed by atoms with Crippen molar-refractivity contribution in [3.05, 3.63) is 52.5 Å². The maximum atomic E-state index is 12.1. The molecule has 1 aromatic carbocycles. The molecule has 5 nitrogen and oxygen atoms in total. The first-order valence-electron chi connectivity index (χ1n) is 10.8. The summed E-state index contributed by atoms with van der Waals surface area (Å²) in [6.45, 7) is 13.7. The Labute approximate surface area is 175 Å². The molecule has 0 saturated carbocycles. The third-order valence-corrected chi connectivity index (χ3v) is 5.53. The number of hydrogen-bond donors (Lipinski definition) is 0. The first-order valence-corrected chi connectivity index (χ1v) is 10.8. The van der Waals surface area contributed by atoms with E-state index in [9.17, 15) is 4.79 Å². The van der Waals surface area contributed by atoms with Gasteiger partial charge in [0.1, 0.15) is 11.6 Å². The molecule has 2 aromatic rings. The Hall–Kier alpha value is -2.43. The number of carbonyl (C=O) groups is 1. The highest BCUT2D eigenvalue weighted by molar-refractivity contribution is 5.76. The lowest BCUT2D eigenvalue weighted by Crippen LogP contribution is -2.49. The molecule has 156 valence electrons. The molecule has 0 atom stereocenters. The van der Waals surface area contributed by atoms with Crippen LogP contribution in [0.25, 0.3) is 0 Å². The van der Waals surface area contributed by atoms with E-state index in [0.29, 0.717) is 12.3 Å². The van der Waals surface area contributed by atoms with Crippen molar-refractivity contribution in [3.8, 4) is 0 Å². The summed E-state index contributed by atoms with van der Waals surface area (Å²) in [5, 5.41) is 0. The number of amides is 1. The molecule has 1 amide bonds. The van der Waals surface area contributed by atoms with Gasteiger partial charge in [-0.25, -0.2) is 9.97 Å². The molecule has 1 saturated heterocycles. The summed E-state index contributed by atoms with van der Waals surface area (Å²) in [5.41, 5.74) is 4.83. The Bertz CT molecular complexity index is 854. The van der Waals surface area contributed by atoms with Crippen LogP contribution in [0.2, 0.25) is 0 Å². The lowest BCUT2D eigenvalue weighted by atomic mass is 10.0. The van der Waals surface area contributed by atoms with Crippen LogP contribution in [-0.2, 0) is 17.6 Å². The molecule has 0 aliphatic carbocycles. The largest absolute Gasteiger partial charge is 0.353 e. The van der Waals surface area contributed by atoms with Gasteiger partial charge in [-0.1, -0.05) is 50.6 Å². The van der Waals surface area contributed by atoms with Crippen molar-refractivity contribution in [2.24, 2.45) is 5.92 Å². The third kappa shape index (κ3) is 5.34. The lowest BCUT2D eigenvalue weighted by Gasteiger charge is -2.36. The second kappa shape index (κ2) is 9.38. The number of anilines is 1. The zero-order valence-corrected chi connectivity index (χ0v) is 18.5. The molecule has 29 heavy (non-hydrogen) atoms. The van der Waals surface area contributed by atoms with Gasteiger partial charge in [-0.3, -0.25) is 4.79 Å². The van der Waals surface area contributed by atoms with E-state index < -0.39 is 0 Å². The highest BCUT2D eigenvalue weighted by Crippen LogP contribution is 2.26. The standard InChI is InChI=1S/C24H34N4O/c1-6-23(29)27-10-12-28(13-11-27)24-21(16-20-9-7-8-18(4)15-20)19(5)25-22(26-24)14-17(2)3/h7-9,15,17H,6,10-14,16H2,1-5H3. The van der Waals surface area contributed by atoms with Gasteiger partial charge in [0, 0.05) is 56.7 Å². The van der Waals surface area contributed by atoms with Crippen LogP contribution in [0, 0.1) is 19.8 Å². The van der Waals surface area contributed by atoms with Gasteiger partial charge in [-0.15, -0.1) is 0 Å². The average molecular weight is 395 g/mol. The molecule has 0 N–H and O–H groups in total. The minimum Gasteiger partial charge on any atom is -0.353 e. The molecular weight excluding hydrogens is 360 g/mol. The summed E-state index contributed by atoms with van der Waals surface area (Å²) in [5.74, 6) is 2.73. The Morgan fingerprint density at radius 2 is 1.83 bits per heavy atom. The summed E-state index contributed by atoms with van der Waals surface area (Å²) >= 11 is 0. The van der Waals surface area contributed by atoms with Crippen molar-refractivity contribution < 1.29 is 4.79 Å². The predicted molar refractivity (Wildman–Crippen MR) is 118 cm³/mol. The van der Waals surface area contributed by atoms with E-state index in [-0.39, 0.29) is 5.91 Å². The third-order valence-electron chi connectivity index (χ3n) is 5.53. The Balaban J connectivity index is 1.92. The number of aryl methyl sites for hydroxylation is 2. The monoisotopic (exact) mass is 394 g/mol. The van der Waals surface area contributed by atoms with Crippen molar-refractivity contribution in [3.63, 3.8) is 0 Å². The van der Waals surface area contributed by atoms with Crippen molar-refractivity contribution in [2.45, 2.75) is 53.9 Å². The molecule has 0 radical (unpaired) electrons. The van der Waals surface area contributed by atoms with Crippen LogP contribution in [0.15, 0.2) is 24.3 Å². The van der Waals surface area contributed by atoms with Crippen LogP contribution in [0.4, 0.5) is 5.82 Å². The van der Waals surface area contributed by atoms with Crippen LogP contribution < -0.4 is 4.90 Å². The topological polar surface area (TPSA) is 49.3 Å². The zero-order valence-electron chi connectivity index (χ0n) is 18.5. The van der Waals surface area contributed by atoms with Gasteiger partial charge in [-0.2, -0.15) is 0 Å². The molecule has 1 aliphatic heterocycles. The first kappa shape index (κ1) is 21.3. The van der Waals surface area contributed by atoms with Crippen LogP contribution in [0.5, 0.6) is 0 Å². The Morgan fingerprint density at radius 3 is 2.45 bits per heavy atom. The number of carbonyl (C=O) groups excluding carboxylic acids is 1. The number of aromatic nitrogens is 2. The summed E-state index contributed by atoms with van der Waals surface area (Å²) in [4.78, 5) is 26.2. The molecule has 5 heteroatoms. The van der Waals surface area contributed by atoms with Gasteiger partial charge in [0.15, 0.2) is 0 Å². The molecule has 2 heterocycles. The molecule has 1 aromatic heterocycles. The lowest BCUT2D eigenvalue weighted by molar-refractivity contribution is -0.131. The highest BCUT2D eigenvalue weighted by Gasteiger charge is 2.24. The van der Waals surface area contributed by atoms with Crippen LogP contribution in [-0.4, -0.2) is 47.0 Å². The minimum atomic E-state index is 0.240. The maximum Gasteiger partial charge on any atom is 0.222 e. The number of piperazine rings is 1. The Morgan fingerprint density at radius 1 is 1.10 bits per heavy atom. The SMILES string of the molecule is CCC(=O)N1CCN(c2nc(CC(C)C)nc(C)c2Cc2cccc(C)c2)CC1. The van der Waals surface area contributed by atoms with Gasteiger partial charge in [0.05, 0.1) is 0 Å². The van der Waals surface area contributed by atoms with Crippen molar-refractivity contribution >= 4 is 11.7 Å². The fourth-order valence-electron chi connectivity index (χ4n) is 3.98. The van der Waals surface area contributed by atoms with Crippen molar-refractivity contribution in [1.29, 1.82) is 0 Å². The molecule has 0 bridgehead atoms. The van der Waals surface area contributed by atoms with Crippen LogP contribution in [0.3, 0.4) is 0 Å². The predicted octanol–water partition coefficient (Wildman–Crippen LogP) is 3.94. The van der Waals surface area contributed by atoms with E-state index >= 15 is 0 Å². The quantitative estimate of drug-likeness (QED) is 0.745. The summed E-state index contributed by atoms with van der Waals surface area (Å²) in [7, 11) is 0. The fraction of sp³-hybridized carbons (Fsp3) is 0.542. The summed E-state index contributed by atoms with van der Waals surface area (Å²) in [6.07, 6.45) is 2.29. The molecular formula is C24H34N4O. The average Bonchev–Trinajstić information content (AvgIpc) is 2.69. The first-order chi connectivity index (χ1) is 13.9. The van der Waals surface area contributed by atoms with Crippen molar-refractivity contribution in [2.75, 3.05) is 31.1 Å². The zero-order chi connectivity index (χ0) is 21.0. The molecule has 3 rings (SSSR count). The molecule has 0 unspecified atom stereocenters. The van der Waals surface area contributed by atoms with Crippen LogP contribution >= 0.6 is 0 Å². The van der Waals surface area contributed by atoms with Gasteiger partial charge in [0.2, 0.25) is 5.91 Å². The number of hydrogen-bond acceptors (Lipinski definition) is 4. The van der Waals surface area contributed by atoms with E-state index in [1.165, 1.54) is 16.7 Å². The van der Waals surface area contributed by atoms with E-state index in [4.69, 9.17) is 9.97 Å². The second-order valence-electron chi connectivity index (χ2n) is 8.51. The minimum absolute atomic E-state index is 0.240. The van der Waals surface area contributed by atoms with E-state index in [2.05, 4.69) is 56.9 Å². The van der Waals surface area contributed by atoms with E-state index in [1.807, 2.05) is 11.8 Å². The van der Waals surface area contributed by atoms with Crippen molar-refractivity contribution in [1.82, 2.24) is 14.9 Å². The van der Waals surface area contributed by atoms with Gasteiger partial charge in [-0.05, 0) is 25.3 Å². The van der Waals surface area contributed by atoms with Gasteiger partial charge in [0.25, 0.3) is 0 Å². The number of rotatable bonds is 6. The van der Waals surface area contributed by atoms with Gasteiger partial charge >= 0.3 is 0 Å². The number of nitrogens with zero attached hydrogens (tertiary/aromatic N) is 4. The van der Waals surface area contributed by atoms with Crippen LogP contribution in [0.1, 0.15) is 55.4 Å². The van der Waals surface area contributed by atoms with E-state index in [0.717, 1.165) is 56.4 Å².